The van der Waals surface area contributed by atoms with Crippen LogP contribution in [0.25, 0.3) is 11.3 Å². The molecule has 96 valence electrons. The number of rotatable bonds is 5. The highest BCUT2D eigenvalue weighted by molar-refractivity contribution is 7.10. The van der Waals surface area contributed by atoms with Gasteiger partial charge in [0.15, 0.2) is 0 Å². The largest absolute Gasteiger partial charge is 0.496 e. The van der Waals surface area contributed by atoms with Crippen molar-refractivity contribution in [2.75, 3.05) is 20.7 Å². The molecule has 2 aromatic rings. The fourth-order valence-corrected chi connectivity index (χ4v) is 2.77. The van der Waals surface area contributed by atoms with Gasteiger partial charge < -0.3 is 10.1 Å². The molecule has 0 aliphatic heterocycles. The Balaban J connectivity index is 2.29. The van der Waals surface area contributed by atoms with Crippen LogP contribution in [-0.2, 0) is 0 Å². The van der Waals surface area contributed by atoms with E-state index < -0.39 is 0 Å². The van der Waals surface area contributed by atoms with Crippen LogP contribution >= 0.6 is 11.3 Å². The molecule has 1 unspecified atom stereocenters. The van der Waals surface area contributed by atoms with Crippen molar-refractivity contribution in [1.82, 2.24) is 10.3 Å². The summed E-state index contributed by atoms with van der Waals surface area (Å²) < 4.78 is 5.37. The van der Waals surface area contributed by atoms with Gasteiger partial charge in [-0.05, 0) is 19.2 Å². The van der Waals surface area contributed by atoms with E-state index in [0.717, 1.165) is 28.6 Å². The fraction of sp³-hybridized carbons (Fsp3) is 0.357. The van der Waals surface area contributed by atoms with Gasteiger partial charge in [0.2, 0.25) is 0 Å². The first-order valence-electron chi connectivity index (χ1n) is 5.99. The summed E-state index contributed by atoms with van der Waals surface area (Å²) in [7, 11) is 3.65. The van der Waals surface area contributed by atoms with Gasteiger partial charge in [-0.3, -0.25) is 0 Å². The van der Waals surface area contributed by atoms with Crippen molar-refractivity contribution in [3.05, 3.63) is 34.7 Å². The third kappa shape index (κ3) is 2.71. The van der Waals surface area contributed by atoms with Crippen LogP contribution in [-0.4, -0.2) is 25.7 Å². The van der Waals surface area contributed by atoms with E-state index in [1.54, 1.807) is 18.4 Å². The van der Waals surface area contributed by atoms with Crippen LogP contribution in [0.4, 0.5) is 0 Å². The average molecular weight is 262 g/mol. The number of nitrogens with zero attached hydrogens (tertiary/aromatic N) is 1. The Morgan fingerprint density at radius 1 is 1.39 bits per heavy atom. The molecule has 1 atom stereocenters. The molecule has 4 heteroatoms. The Bertz CT molecular complexity index is 510. The van der Waals surface area contributed by atoms with Gasteiger partial charge in [0.05, 0.1) is 17.8 Å². The van der Waals surface area contributed by atoms with Gasteiger partial charge in [-0.2, -0.15) is 0 Å². The van der Waals surface area contributed by atoms with E-state index in [1.165, 1.54) is 0 Å². The highest BCUT2D eigenvalue weighted by Gasteiger charge is 2.12. The minimum atomic E-state index is 0.434. The van der Waals surface area contributed by atoms with Crippen molar-refractivity contribution >= 4 is 11.3 Å². The molecule has 1 aromatic carbocycles. The average Bonchev–Trinajstić information content (AvgIpc) is 2.88. The summed E-state index contributed by atoms with van der Waals surface area (Å²) in [4.78, 5) is 4.71. The quantitative estimate of drug-likeness (QED) is 0.899. The highest BCUT2D eigenvalue weighted by atomic mass is 32.1. The summed E-state index contributed by atoms with van der Waals surface area (Å²) in [6.07, 6.45) is 0. The molecule has 1 N–H and O–H groups in total. The monoisotopic (exact) mass is 262 g/mol. The van der Waals surface area contributed by atoms with Gasteiger partial charge >= 0.3 is 0 Å². The van der Waals surface area contributed by atoms with E-state index in [0.29, 0.717) is 5.92 Å². The van der Waals surface area contributed by atoms with Crippen molar-refractivity contribution in [3.8, 4) is 17.0 Å². The van der Waals surface area contributed by atoms with Crippen LogP contribution in [0.2, 0.25) is 0 Å². The molecule has 0 aliphatic rings. The van der Waals surface area contributed by atoms with E-state index in [4.69, 9.17) is 9.72 Å². The number of benzene rings is 1. The molecule has 0 amide bonds. The fourth-order valence-electron chi connectivity index (χ4n) is 1.89. The summed E-state index contributed by atoms with van der Waals surface area (Å²) in [5.41, 5.74) is 2.05. The predicted molar refractivity (Wildman–Crippen MR) is 76.4 cm³/mol. The number of para-hydroxylation sites is 1. The van der Waals surface area contributed by atoms with Gasteiger partial charge in [-0.15, -0.1) is 11.3 Å². The number of hydrogen-bond acceptors (Lipinski definition) is 4. The third-order valence-electron chi connectivity index (χ3n) is 2.84. The Morgan fingerprint density at radius 2 is 2.17 bits per heavy atom. The molecule has 0 saturated heterocycles. The van der Waals surface area contributed by atoms with Gasteiger partial charge in [-0.25, -0.2) is 4.98 Å². The molecule has 3 nitrogen and oxygen atoms in total. The van der Waals surface area contributed by atoms with Crippen molar-refractivity contribution < 1.29 is 4.74 Å². The summed E-state index contributed by atoms with van der Waals surface area (Å²) in [5.74, 6) is 1.30. The second-order valence-corrected chi connectivity index (χ2v) is 5.12. The molecule has 0 fully saturated rings. The minimum Gasteiger partial charge on any atom is -0.496 e. The summed E-state index contributed by atoms with van der Waals surface area (Å²) >= 11 is 1.70. The van der Waals surface area contributed by atoms with E-state index in [2.05, 4.69) is 17.6 Å². The van der Waals surface area contributed by atoms with Crippen LogP contribution in [0.15, 0.2) is 29.6 Å². The number of methoxy groups -OCH3 is 1. The lowest BCUT2D eigenvalue weighted by molar-refractivity contribution is 0.416. The first-order chi connectivity index (χ1) is 8.76. The zero-order valence-corrected chi connectivity index (χ0v) is 11.8. The van der Waals surface area contributed by atoms with Crippen molar-refractivity contribution in [3.63, 3.8) is 0 Å². The van der Waals surface area contributed by atoms with Crippen LogP contribution < -0.4 is 10.1 Å². The van der Waals surface area contributed by atoms with Crippen molar-refractivity contribution in [2.45, 2.75) is 12.8 Å². The van der Waals surface area contributed by atoms with Gasteiger partial charge in [0.1, 0.15) is 5.75 Å². The molecular weight excluding hydrogens is 244 g/mol. The van der Waals surface area contributed by atoms with Crippen LogP contribution in [0, 0.1) is 0 Å². The van der Waals surface area contributed by atoms with Crippen molar-refractivity contribution in [1.29, 1.82) is 0 Å². The third-order valence-corrected chi connectivity index (χ3v) is 3.91. The topological polar surface area (TPSA) is 34.2 Å². The zero-order chi connectivity index (χ0) is 13.0. The number of hydrogen-bond donors (Lipinski definition) is 1. The molecule has 1 aromatic heterocycles. The highest BCUT2D eigenvalue weighted by Crippen LogP contribution is 2.32. The Morgan fingerprint density at radius 3 is 2.89 bits per heavy atom. The van der Waals surface area contributed by atoms with Crippen LogP contribution in [0.5, 0.6) is 5.75 Å². The lowest BCUT2D eigenvalue weighted by atomic mass is 10.1. The first-order valence-corrected chi connectivity index (χ1v) is 6.87. The number of likely N-dealkylation sites (N-methyl/N-ethyl adjacent to an activating group) is 1. The Kier molecular flexibility index (Phi) is 4.33. The summed E-state index contributed by atoms with van der Waals surface area (Å²) in [6, 6.07) is 7.99. The molecule has 1 heterocycles. The molecule has 0 bridgehead atoms. The number of aromatic nitrogens is 1. The van der Waals surface area contributed by atoms with Gasteiger partial charge in [0, 0.05) is 23.4 Å². The molecule has 0 aliphatic carbocycles. The number of nitrogens with one attached hydrogen (secondary N) is 1. The number of thiazole rings is 1. The van der Waals surface area contributed by atoms with Crippen LogP contribution in [0.3, 0.4) is 0 Å². The minimum absolute atomic E-state index is 0.434. The SMILES string of the molecule is CNCC(C)c1nc(-c2ccccc2OC)cs1. The van der Waals surface area contributed by atoms with E-state index in [-0.39, 0.29) is 0 Å². The summed E-state index contributed by atoms with van der Waals surface area (Å²) in [6.45, 7) is 3.13. The predicted octanol–water partition coefficient (Wildman–Crippen LogP) is 3.14. The van der Waals surface area contributed by atoms with E-state index in [1.807, 2.05) is 31.3 Å². The molecule has 18 heavy (non-hydrogen) atoms. The maximum absolute atomic E-state index is 5.37. The standard InChI is InChI=1S/C14H18N2OS/c1-10(8-15-2)14-16-12(9-18-14)11-6-4-5-7-13(11)17-3/h4-7,9-10,15H,8H2,1-3H3. The van der Waals surface area contributed by atoms with Crippen LogP contribution in [0.1, 0.15) is 17.8 Å². The molecule has 0 radical (unpaired) electrons. The number of ether oxygens (including phenoxy) is 1. The lowest BCUT2D eigenvalue weighted by Crippen LogP contribution is -2.14. The molecule has 0 saturated carbocycles. The Labute approximate surface area is 112 Å². The van der Waals surface area contributed by atoms with Crippen molar-refractivity contribution in [2.24, 2.45) is 0 Å². The lowest BCUT2D eigenvalue weighted by Gasteiger charge is -2.07. The van der Waals surface area contributed by atoms with Gasteiger partial charge in [-0.1, -0.05) is 19.1 Å². The molecular formula is C14H18N2OS. The summed E-state index contributed by atoms with van der Waals surface area (Å²) in [5, 5.41) is 6.43. The Hall–Kier alpha value is -1.39. The smallest absolute Gasteiger partial charge is 0.128 e. The maximum Gasteiger partial charge on any atom is 0.128 e. The second kappa shape index (κ2) is 5.98. The second-order valence-electron chi connectivity index (χ2n) is 4.23. The van der Waals surface area contributed by atoms with E-state index >= 15 is 0 Å². The zero-order valence-electron chi connectivity index (χ0n) is 10.9. The normalized spacial score (nSPS) is 12.4. The molecule has 0 spiro atoms. The maximum atomic E-state index is 5.37. The molecule has 2 rings (SSSR count). The van der Waals surface area contributed by atoms with E-state index in [9.17, 15) is 0 Å². The van der Waals surface area contributed by atoms with Gasteiger partial charge in [0.25, 0.3) is 0 Å². The first kappa shape index (κ1) is 13.1.